The molecule has 96 valence electrons. The second kappa shape index (κ2) is 6.39. The van der Waals surface area contributed by atoms with Crippen LogP contribution in [0.5, 0.6) is 0 Å². The molecule has 6 heteroatoms. The van der Waals surface area contributed by atoms with Crippen molar-refractivity contribution in [3.63, 3.8) is 0 Å². The SMILES string of the molecule is CC1=NCCn2cccc21.O=C(O)/C=C/C(=O)O. The molecule has 1 aliphatic heterocycles. The largest absolute Gasteiger partial charge is 0.478 e. The highest BCUT2D eigenvalue weighted by Crippen LogP contribution is 2.08. The summed E-state index contributed by atoms with van der Waals surface area (Å²) in [5.74, 6) is -2.51. The predicted molar refractivity (Wildman–Crippen MR) is 65.9 cm³/mol. The van der Waals surface area contributed by atoms with Crippen LogP contribution >= 0.6 is 0 Å². The lowest BCUT2D eigenvalue weighted by Gasteiger charge is -2.12. The van der Waals surface area contributed by atoms with Gasteiger partial charge < -0.3 is 14.8 Å². The molecular formula is C12H14N2O4. The molecule has 0 spiro atoms. The Kier molecular flexibility index (Phi) is 4.86. The molecule has 2 N–H and O–H groups in total. The fraction of sp³-hybridized carbons (Fsp3) is 0.250. The second-order valence-electron chi connectivity index (χ2n) is 3.56. The van der Waals surface area contributed by atoms with Crippen molar-refractivity contribution in [2.24, 2.45) is 4.99 Å². The molecule has 1 aromatic rings. The summed E-state index contributed by atoms with van der Waals surface area (Å²) in [4.78, 5) is 23.4. The third-order valence-corrected chi connectivity index (χ3v) is 2.26. The third-order valence-electron chi connectivity index (χ3n) is 2.26. The monoisotopic (exact) mass is 250 g/mol. The summed E-state index contributed by atoms with van der Waals surface area (Å²) in [6.45, 7) is 4.04. The lowest BCUT2D eigenvalue weighted by Crippen LogP contribution is -2.14. The standard InChI is InChI=1S/C8H10N2.C4H4O4/c1-7-8-3-2-5-10(8)6-4-9-7;5-3(6)1-2-4(7)8/h2-3,5H,4,6H2,1H3;1-2H,(H,5,6)(H,7,8)/b;2-1+. The van der Waals surface area contributed by atoms with Gasteiger partial charge in [-0.1, -0.05) is 0 Å². The quantitative estimate of drug-likeness (QED) is 0.766. The van der Waals surface area contributed by atoms with Crippen LogP contribution in [0.1, 0.15) is 12.6 Å². The van der Waals surface area contributed by atoms with Gasteiger partial charge in [0.25, 0.3) is 0 Å². The first kappa shape index (κ1) is 13.7. The van der Waals surface area contributed by atoms with Crippen molar-refractivity contribution in [1.82, 2.24) is 4.57 Å². The zero-order valence-corrected chi connectivity index (χ0v) is 9.91. The van der Waals surface area contributed by atoms with Gasteiger partial charge in [-0.05, 0) is 19.1 Å². The number of hydrogen-bond acceptors (Lipinski definition) is 3. The van der Waals surface area contributed by atoms with E-state index in [0.717, 1.165) is 18.8 Å². The minimum absolute atomic E-state index is 0.558. The van der Waals surface area contributed by atoms with Crippen molar-refractivity contribution >= 4 is 17.7 Å². The van der Waals surface area contributed by atoms with E-state index in [9.17, 15) is 9.59 Å². The van der Waals surface area contributed by atoms with Crippen molar-refractivity contribution < 1.29 is 19.8 Å². The maximum Gasteiger partial charge on any atom is 0.328 e. The molecule has 0 aliphatic carbocycles. The van der Waals surface area contributed by atoms with Gasteiger partial charge in [0.2, 0.25) is 0 Å². The summed E-state index contributed by atoms with van der Waals surface area (Å²) < 4.78 is 2.24. The van der Waals surface area contributed by atoms with Crippen LogP contribution in [-0.4, -0.2) is 39.0 Å². The van der Waals surface area contributed by atoms with Gasteiger partial charge in [0.05, 0.1) is 18.0 Å². The maximum atomic E-state index is 9.55. The van der Waals surface area contributed by atoms with Gasteiger partial charge in [0, 0.05) is 24.9 Å². The number of aliphatic carboxylic acids is 2. The smallest absolute Gasteiger partial charge is 0.328 e. The summed E-state index contributed by atoms with van der Waals surface area (Å²) in [7, 11) is 0. The number of carbonyl (C=O) groups is 2. The van der Waals surface area contributed by atoms with E-state index < -0.39 is 11.9 Å². The zero-order chi connectivity index (χ0) is 13.5. The molecule has 0 atom stereocenters. The van der Waals surface area contributed by atoms with Crippen molar-refractivity contribution in [2.75, 3.05) is 6.54 Å². The van der Waals surface area contributed by atoms with Crippen LogP contribution in [0, 0.1) is 0 Å². The van der Waals surface area contributed by atoms with Crippen molar-refractivity contribution in [1.29, 1.82) is 0 Å². The Bertz CT molecular complexity index is 484. The molecule has 2 rings (SSSR count). The highest BCUT2D eigenvalue weighted by molar-refractivity contribution is 5.97. The van der Waals surface area contributed by atoms with Crippen LogP contribution in [0.25, 0.3) is 0 Å². The molecule has 18 heavy (non-hydrogen) atoms. The van der Waals surface area contributed by atoms with Gasteiger partial charge in [-0.2, -0.15) is 0 Å². The number of carboxylic acid groups (broad SMARTS) is 2. The lowest BCUT2D eigenvalue weighted by molar-refractivity contribution is -0.134. The molecule has 0 saturated carbocycles. The fourth-order valence-corrected chi connectivity index (χ4v) is 1.49. The van der Waals surface area contributed by atoms with E-state index in [1.807, 2.05) is 0 Å². The number of nitrogens with zero attached hydrogens (tertiary/aromatic N) is 2. The zero-order valence-electron chi connectivity index (χ0n) is 9.91. The highest BCUT2D eigenvalue weighted by Gasteiger charge is 2.06. The Morgan fingerprint density at radius 1 is 1.33 bits per heavy atom. The molecule has 6 nitrogen and oxygen atoms in total. The van der Waals surface area contributed by atoms with Crippen LogP contribution in [0.2, 0.25) is 0 Å². The summed E-state index contributed by atoms with van der Waals surface area (Å²) in [5, 5.41) is 15.6. The first-order chi connectivity index (χ1) is 8.50. The lowest BCUT2D eigenvalue weighted by atomic mass is 10.2. The summed E-state index contributed by atoms with van der Waals surface area (Å²) in [5.41, 5.74) is 2.43. The number of aliphatic imine (C=N–C) groups is 1. The Labute approximate surface area is 104 Å². The average Bonchev–Trinajstić information content (AvgIpc) is 2.77. The molecule has 0 saturated heterocycles. The summed E-state index contributed by atoms with van der Waals surface area (Å²) >= 11 is 0. The number of aromatic nitrogens is 1. The Morgan fingerprint density at radius 2 is 1.94 bits per heavy atom. The topological polar surface area (TPSA) is 91.9 Å². The molecule has 0 radical (unpaired) electrons. The van der Waals surface area contributed by atoms with Gasteiger partial charge in [-0.15, -0.1) is 0 Å². The minimum atomic E-state index is -1.26. The van der Waals surface area contributed by atoms with Crippen LogP contribution < -0.4 is 0 Å². The highest BCUT2D eigenvalue weighted by atomic mass is 16.4. The van der Waals surface area contributed by atoms with Gasteiger partial charge in [0.15, 0.2) is 0 Å². The predicted octanol–water partition coefficient (Wildman–Crippen LogP) is 1.02. The Morgan fingerprint density at radius 3 is 2.44 bits per heavy atom. The molecule has 1 aromatic heterocycles. The molecule has 1 aliphatic rings. The first-order valence-corrected chi connectivity index (χ1v) is 5.31. The van der Waals surface area contributed by atoms with E-state index in [4.69, 9.17) is 10.2 Å². The van der Waals surface area contributed by atoms with Crippen molar-refractivity contribution in [2.45, 2.75) is 13.5 Å². The molecule has 0 amide bonds. The number of carboxylic acids is 2. The Hall–Kier alpha value is -2.37. The van der Waals surface area contributed by atoms with Gasteiger partial charge in [-0.3, -0.25) is 4.99 Å². The van der Waals surface area contributed by atoms with Crippen LogP contribution in [0.4, 0.5) is 0 Å². The van der Waals surface area contributed by atoms with E-state index in [1.165, 1.54) is 5.69 Å². The number of rotatable bonds is 2. The molecule has 0 aromatic carbocycles. The van der Waals surface area contributed by atoms with Gasteiger partial charge in [-0.25, -0.2) is 9.59 Å². The van der Waals surface area contributed by atoms with Crippen molar-refractivity contribution in [3.05, 3.63) is 36.2 Å². The van der Waals surface area contributed by atoms with Gasteiger partial charge >= 0.3 is 11.9 Å². The second-order valence-corrected chi connectivity index (χ2v) is 3.56. The number of fused-ring (bicyclic) bond motifs is 1. The Balaban J connectivity index is 0.000000187. The molecular weight excluding hydrogens is 236 g/mol. The molecule has 0 fully saturated rings. The maximum absolute atomic E-state index is 9.55. The third kappa shape index (κ3) is 4.25. The summed E-state index contributed by atoms with van der Waals surface area (Å²) in [6.07, 6.45) is 3.22. The van der Waals surface area contributed by atoms with Crippen LogP contribution in [0.3, 0.4) is 0 Å². The van der Waals surface area contributed by atoms with Gasteiger partial charge in [0.1, 0.15) is 0 Å². The average molecular weight is 250 g/mol. The first-order valence-electron chi connectivity index (χ1n) is 5.31. The summed E-state index contributed by atoms with van der Waals surface area (Å²) in [6, 6.07) is 4.18. The van der Waals surface area contributed by atoms with E-state index >= 15 is 0 Å². The van der Waals surface area contributed by atoms with Crippen LogP contribution in [-0.2, 0) is 16.1 Å². The van der Waals surface area contributed by atoms with E-state index in [0.29, 0.717) is 12.2 Å². The fourth-order valence-electron chi connectivity index (χ4n) is 1.49. The minimum Gasteiger partial charge on any atom is -0.478 e. The molecule has 0 unspecified atom stereocenters. The molecule has 2 heterocycles. The van der Waals surface area contributed by atoms with E-state index in [2.05, 4.69) is 34.8 Å². The number of hydrogen-bond donors (Lipinski definition) is 2. The van der Waals surface area contributed by atoms with Crippen LogP contribution in [0.15, 0.2) is 35.5 Å². The van der Waals surface area contributed by atoms with Crippen molar-refractivity contribution in [3.8, 4) is 0 Å². The van der Waals surface area contributed by atoms with E-state index in [-0.39, 0.29) is 0 Å². The normalized spacial score (nSPS) is 13.3. The molecule has 0 bridgehead atoms. The van der Waals surface area contributed by atoms with E-state index in [1.54, 1.807) is 0 Å².